The average Bonchev–Trinajstić information content (AvgIpc) is 3.16. The number of rotatable bonds is 6. The third-order valence-corrected chi connectivity index (χ3v) is 4.65. The lowest BCUT2D eigenvalue weighted by atomic mass is 9.80. The zero-order valence-electron chi connectivity index (χ0n) is 16.1. The van der Waals surface area contributed by atoms with E-state index in [4.69, 9.17) is 5.73 Å². The van der Waals surface area contributed by atoms with Crippen LogP contribution in [-0.4, -0.2) is 43.2 Å². The Kier molecular flexibility index (Phi) is 5.17. The van der Waals surface area contributed by atoms with Crippen molar-refractivity contribution in [2.75, 3.05) is 5.32 Å². The fraction of sp³-hybridized carbons (Fsp3) is 0.100. The van der Waals surface area contributed by atoms with Crippen molar-refractivity contribution in [3.8, 4) is 11.5 Å². The molecule has 6 N–H and O–H groups in total. The lowest BCUT2D eigenvalue weighted by Crippen LogP contribution is -2.30. The molecule has 0 aliphatic carbocycles. The van der Waals surface area contributed by atoms with Crippen LogP contribution in [0.3, 0.4) is 0 Å². The Morgan fingerprint density at radius 2 is 1.97 bits per heavy atom. The van der Waals surface area contributed by atoms with Gasteiger partial charge in [0, 0.05) is 23.7 Å². The summed E-state index contributed by atoms with van der Waals surface area (Å²) < 4.78 is 0. The zero-order chi connectivity index (χ0) is 21.3. The number of aromatic amines is 1. The highest BCUT2D eigenvalue weighted by molar-refractivity contribution is 6.58. The SMILES string of the molecule is Cc1cc(NCc2cccc(B(O)O)c2)nc(-c2[nH]nc3c(C(N)=O)cccc23)n1. The van der Waals surface area contributed by atoms with E-state index in [0.717, 1.165) is 11.3 Å². The molecule has 1 amide bonds. The Hall–Kier alpha value is -3.76. The summed E-state index contributed by atoms with van der Waals surface area (Å²) in [6.07, 6.45) is 0. The van der Waals surface area contributed by atoms with Crippen molar-refractivity contribution in [2.24, 2.45) is 5.73 Å². The van der Waals surface area contributed by atoms with Crippen LogP contribution in [0.15, 0.2) is 48.5 Å². The van der Waals surface area contributed by atoms with Crippen molar-refractivity contribution < 1.29 is 14.8 Å². The summed E-state index contributed by atoms with van der Waals surface area (Å²) in [6, 6.07) is 14.0. The number of aromatic nitrogens is 4. The molecule has 2 heterocycles. The molecule has 2 aromatic heterocycles. The maximum atomic E-state index is 11.7. The van der Waals surface area contributed by atoms with Crippen LogP contribution in [0.4, 0.5) is 5.82 Å². The molecule has 0 fully saturated rings. The molecule has 0 spiro atoms. The number of hydrogen-bond acceptors (Lipinski definition) is 7. The van der Waals surface area contributed by atoms with Gasteiger partial charge >= 0.3 is 7.12 Å². The first-order valence-electron chi connectivity index (χ1n) is 9.24. The Balaban J connectivity index is 1.64. The van der Waals surface area contributed by atoms with Crippen LogP contribution in [-0.2, 0) is 6.54 Å². The van der Waals surface area contributed by atoms with Gasteiger partial charge in [-0.05, 0) is 24.0 Å². The van der Waals surface area contributed by atoms with Crippen LogP contribution in [0, 0.1) is 6.92 Å². The average molecular weight is 402 g/mol. The molecule has 10 heteroatoms. The van der Waals surface area contributed by atoms with Gasteiger partial charge in [-0.25, -0.2) is 9.97 Å². The highest BCUT2D eigenvalue weighted by Gasteiger charge is 2.16. The van der Waals surface area contributed by atoms with E-state index in [2.05, 4.69) is 25.5 Å². The second-order valence-electron chi connectivity index (χ2n) is 6.86. The first-order chi connectivity index (χ1) is 14.4. The number of carbonyl (C=O) groups excluding carboxylic acids is 1. The first-order valence-corrected chi connectivity index (χ1v) is 9.24. The van der Waals surface area contributed by atoms with Gasteiger partial charge in [0.05, 0.1) is 5.56 Å². The van der Waals surface area contributed by atoms with E-state index in [1.54, 1.807) is 30.3 Å². The van der Waals surface area contributed by atoms with Crippen molar-refractivity contribution in [1.82, 2.24) is 20.2 Å². The number of aryl methyl sites for hydroxylation is 1. The fourth-order valence-electron chi connectivity index (χ4n) is 3.23. The minimum absolute atomic E-state index is 0.326. The summed E-state index contributed by atoms with van der Waals surface area (Å²) in [5.74, 6) is 0.476. The largest absolute Gasteiger partial charge is 0.488 e. The van der Waals surface area contributed by atoms with Gasteiger partial charge in [0.25, 0.3) is 5.91 Å². The summed E-state index contributed by atoms with van der Waals surface area (Å²) in [5, 5.41) is 29.7. The second-order valence-corrected chi connectivity index (χ2v) is 6.86. The van der Waals surface area contributed by atoms with Crippen LogP contribution in [0.2, 0.25) is 0 Å². The molecule has 4 rings (SSSR count). The normalized spacial score (nSPS) is 10.9. The van der Waals surface area contributed by atoms with E-state index in [0.29, 0.717) is 45.8 Å². The minimum Gasteiger partial charge on any atom is -0.423 e. The van der Waals surface area contributed by atoms with Crippen LogP contribution >= 0.6 is 0 Å². The predicted molar refractivity (Wildman–Crippen MR) is 114 cm³/mol. The number of nitrogens with one attached hydrogen (secondary N) is 2. The molecule has 2 aromatic carbocycles. The number of anilines is 1. The fourth-order valence-corrected chi connectivity index (χ4v) is 3.23. The van der Waals surface area contributed by atoms with E-state index < -0.39 is 13.0 Å². The Bertz CT molecular complexity index is 1240. The monoisotopic (exact) mass is 402 g/mol. The van der Waals surface area contributed by atoms with Crippen LogP contribution in [0.25, 0.3) is 22.4 Å². The van der Waals surface area contributed by atoms with Crippen LogP contribution in [0.1, 0.15) is 21.6 Å². The number of hydrogen-bond donors (Lipinski definition) is 5. The molecule has 0 bridgehead atoms. The summed E-state index contributed by atoms with van der Waals surface area (Å²) in [6.45, 7) is 2.29. The van der Waals surface area contributed by atoms with E-state index >= 15 is 0 Å². The van der Waals surface area contributed by atoms with Crippen molar-refractivity contribution >= 4 is 35.2 Å². The molecular weight excluding hydrogens is 383 g/mol. The Morgan fingerprint density at radius 1 is 1.17 bits per heavy atom. The lowest BCUT2D eigenvalue weighted by Gasteiger charge is -2.09. The van der Waals surface area contributed by atoms with E-state index in [9.17, 15) is 14.8 Å². The number of H-pyrrole nitrogens is 1. The molecule has 0 atom stereocenters. The Labute approximate surface area is 172 Å². The van der Waals surface area contributed by atoms with Crippen molar-refractivity contribution in [3.63, 3.8) is 0 Å². The summed E-state index contributed by atoms with van der Waals surface area (Å²) >= 11 is 0. The number of nitrogens with two attached hydrogens (primary N) is 1. The van der Waals surface area contributed by atoms with Gasteiger partial charge in [0.15, 0.2) is 5.82 Å². The number of benzene rings is 2. The molecule has 150 valence electrons. The summed E-state index contributed by atoms with van der Waals surface area (Å²) in [5.41, 5.74) is 8.86. The minimum atomic E-state index is -1.52. The number of para-hydroxylation sites is 1. The highest BCUT2D eigenvalue weighted by Crippen LogP contribution is 2.27. The van der Waals surface area contributed by atoms with Crippen LogP contribution in [0.5, 0.6) is 0 Å². The maximum Gasteiger partial charge on any atom is 0.488 e. The maximum absolute atomic E-state index is 11.7. The number of primary amides is 1. The lowest BCUT2D eigenvalue weighted by molar-refractivity contribution is 0.100. The quantitative estimate of drug-likeness (QED) is 0.298. The second kappa shape index (κ2) is 7.93. The van der Waals surface area contributed by atoms with Gasteiger partial charge in [-0.1, -0.05) is 36.4 Å². The number of fused-ring (bicyclic) bond motifs is 1. The molecule has 0 aliphatic heterocycles. The van der Waals surface area contributed by atoms with Gasteiger partial charge in [0.1, 0.15) is 17.0 Å². The molecule has 30 heavy (non-hydrogen) atoms. The van der Waals surface area contributed by atoms with Gasteiger partial charge < -0.3 is 21.1 Å². The molecule has 0 unspecified atom stereocenters. The van der Waals surface area contributed by atoms with Gasteiger partial charge in [-0.3, -0.25) is 9.89 Å². The molecule has 0 aliphatic rings. The van der Waals surface area contributed by atoms with E-state index in [-0.39, 0.29) is 0 Å². The number of nitrogens with zero attached hydrogens (tertiary/aromatic N) is 3. The smallest absolute Gasteiger partial charge is 0.423 e. The van der Waals surface area contributed by atoms with E-state index in [1.165, 1.54) is 0 Å². The van der Waals surface area contributed by atoms with Gasteiger partial charge in [0.2, 0.25) is 0 Å². The summed E-state index contributed by atoms with van der Waals surface area (Å²) in [7, 11) is -1.52. The van der Waals surface area contributed by atoms with Crippen molar-refractivity contribution in [1.29, 1.82) is 0 Å². The highest BCUT2D eigenvalue weighted by atomic mass is 16.4. The summed E-state index contributed by atoms with van der Waals surface area (Å²) in [4.78, 5) is 20.7. The molecule has 9 nitrogen and oxygen atoms in total. The van der Waals surface area contributed by atoms with E-state index in [1.807, 2.05) is 25.1 Å². The third-order valence-electron chi connectivity index (χ3n) is 4.65. The number of carbonyl (C=O) groups is 1. The topological polar surface area (TPSA) is 150 Å². The standard InChI is InChI=1S/C20H19BN6O3/c1-11-8-16(23-10-12-4-2-5-13(9-12)21(29)30)25-20(24-11)18-14-6-3-7-15(19(22)28)17(14)26-27-18/h2-9,29-30H,10H2,1H3,(H2,22,28)(H,26,27)(H,23,24,25). The third kappa shape index (κ3) is 3.86. The Morgan fingerprint density at radius 3 is 2.73 bits per heavy atom. The number of amides is 1. The van der Waals surface area contributed by atoms with Gasteiger partial charge in [-0.2, -0.15) is 5.10 Å². The molecule has 0 saturated heterocycles. The first kappa shape index (κ1) is 19.6. The molecule has 4 aromatic rings. The zero-order valence-corrected chi connectivity index (χ0v) is 16.1. The van der Waals surface area contributed by atoms with Gasteiger partial charge in [-0.15, -0.1) is 0 Å². The molecular formula is C20H19BN6O3. The molecule has 0 saturated carbocycles. The predicted octanol–water partition coefficient (Wildman–Crippen LogP) is 0.719. The van der Waals surface area contributed by atoms with Crippen LogP contribution < -0.4 is 16.5 Å². The molecule has 0 radical (unpaired) electrons. The van der Waals surface area contributed by atoms with Crippen molar-refractivity contribution in [2.45, 2.75) is 13.5 Å². The van der Waals surface area contributed by atoms with Crippen molar-refractivity contribution in [3.05, 3.63) is 65.4 Å².